The maximum atomic E-state index is 13.2. The number of amides is 2. The van der Waals surface area contributed by atoms with Crippen molar-refractivity contribution in [3.05, 3.63) is 60.0 Å². The predicted octanol–water partition coefficient (Wildman–Crippen LogP) is 3.03. The minimum absolute atomic E-state index is 0.0513. The number of fused-ring (bicyclic) bond motifs is 1. The molecule has 2 N–H and O–H groups in total. The summed E-state index contributed by atoms with van der Waals surface area (Å²) >= 11 is 0. The second-order valence-electron chi connectivity index (χ2n) is 5.97. The zero-order valence-electron chi connectivity index (χ0n) is 14.4. The Balaban J connectivity index is 1.64. The van der Waals surface area contributed by atoms with Gasteiger partial charge in [0.25, 0.3) is 11.8 Å². The van der Waals surface area contributed by atoms with Crippen LogP contribution in [0.5, 0.6) is 5.75 Å². The van der Waals surface area contributed by atoms with E-state index in [4.69, 9.17) is 4.74 Å². The average Bonchev–Trinajstić information content (AvgIpc) is 3.04. The highest BCUT2D eigenvalue weighted by molar-refractivity contribution is 6.05. The summed E-state index contributed by atoms with van der Waals surface area (Å²) in [4.78, 5) is 28.2. The van der Waals surface area contributed by atoms with E-state index in [1.165, 1.54) is 17.0 Å². The second kappa shape index (κ2) is 7.26. The van der Waals surface area contributed by atoms with Crippen LogP contribution in [0.2, 0.25) is 0 Å². The standard InChI is InChI=1S/C19H18FN3O3/c1-23(2)18(24)11-26-15-6-4-14(5-7-15)21-19(25)17-10-12-9-13(20)3-8-16(12)22-17/h3-10,22H,11H2,1-2H3,(H,21,25). The SMILES string of the molecule is CN(C)C(=O)COc1ccc(NC(=O)c2cc3cc(F)ccc3[nH]2)cc1. The number of H-pyrrole nitrogens is 1. The quantitative estimate of drug-likeness (QED) is 0.739. The van der Waals surface area contributed by atoms with E-state index in [1.807, 2.05) is 0 Å². The molecule has 0 fully saturated rings. The smallest absolute Gasteiger partial charge is 0.272 e. The van der Waals surface area contributed by atoms with Crippen molar-refractivity contribution in [3.63, 3.8) is 0 Å². The first kappa shape index (κ1) is 17.5. The van der Waals surface area contributed by atoms with Crippen molar-refractivity contribution in [3.8, 4) is 5.75 Å². The van der Waals surface area contributed by atoms with Gasteiger partial charge in [0, 0.05) is 30.7 Å². The molecule has 0 aliphatic carbocycles. The molecule has 0 saturated carbocycles. The van der Waals surface area contributed by atoms with E-state index in [1.54, 1.807) is 50.5 Å². The van der Waals surface area contributed by atoms with Crippen molar-refractivity contribution in [2.24, 2.45) is 0 Å². The Kier molecular flexibility index (Phi) is 4.88. The van der Waals surface area contributed by atoms with Crippen LogP contribution in [0, 0.1) is 5.82 Å². The van der Waals surface area contributed by atoms with E-state index in [-0.39, 0.29) is 24.2 Å². The second-order valence-corrected chi connectivity index (χ2v) is 5.97. The Hall–Kier alpha value is -3.35. The van der Waals surface area contributed by atoms with Crippen molar-refractivity contribution >= 4 is 28.4 Å². The van der Waals surface area contributed by atoms with Gasteiger partial charge in [-0.05, 0) is 48.5 Å². The molecule has 1 heterocycles. The first-order valence-corrected chi connectivity index (χ1v) is 7.95. The Morgan fingerprint density at radius 1 is 1.12 bits per heavy atom. The lowest BCUT2D eigenvalue weighted by atomic mass is 10.2. The Bertz CT molecular complexity index is 948. The van der Waals surface area contributed by atoms with E-state index in [0.29, 0.717) is 28.0 Å². The summed E-state index contributed by atoms with van der Waals surface area (Å²) in [5.41, 5.74) is 1.60. The van der Waals surface area contributed by atoms with Crippen LogP contribution in [-0.4, -0.2) is 42.4 Å². The largest absolute Gasteiger partial charge is 0.484 e. The molecule has 7 heteroatoms. The zero-order chi connectivity index (χ0) is 18.7. The molecule has 2 amide bonds. The first-order valence-electron chi connectivity index (χ1n) is 7.95. The molecule has 0 atom stereocenters. The molecule has 3 rings (SSSR count). The highest BCUT2D eigenvalue weighted by Crippen LogP contribution is 2.19. The van der Waals surface area contributed by atoms with Gasteiger partial charge < -0.3 is 19.9 Å². The van der Waals surface area contributed by atoms with E-state index in [2.05, 4.69) is 10.3 Å². The number of aromatic amines is 1. The molecule has 0 bridgehead atoms. The number of carbonyl (C=O) groups excluding carboxylic acids is 2. The van der Waals surface area contributed by atoms with Crippen LogP contribution in [0.25, 0.3) is 10.9 Å². The van der Waals surface area contributed by atoms with Gasteiger partial charge in [0.05, 0.1) is 0 Å². The number of aromatic nitrogens is 1. The average molecular weight is 355 g/mol. The monoisotopic (exact) mass is 355 g/mol. The van der Waals surface area contributed by atoms with Crippen LogP contribution in [-0.2, 0) is 4.79 Å². The number of nitrogens with one attached hydrogen (secondary N) is 2. The number of rotatable bonds is 5. The lowest BCUT2D eigenvalue weighted by Gasteiger charge is -2.11. The number of halogens is 1. The number of carbonyl (C=O) groups is 2. The zero-order valence-corrected chi connectivity index (χ0v) is 14.4. The molecule has 26 heavy (non-hydrogen) atoms. The third-order valence-electron chi connectivity index (χ3n) is 3.80. The number of hydrogen-bond donors (Lipinski definition) is 2. The topological polar surface area (TPSA) is 74.4 Å². The van der Waals surface area contributed by atoms with E-state index in [0.717, 1.165) is 0 Å². The Morgan fingerprint density at radius 3 is 2.54 bits per heavy atom. The van der Waals surface area contributed by atoms with Gasteiger partial charge in [-0.3, -0.25) is 9.59 Å². The molecule has 0 radical (unpaired) electrons. The summed E-state index contributed by atoms with van der Waals surface area (Å²) in [6, 6.07) is 12.6. The van der Waals surface area contributed by atoms with Gasteiger partial charge in [-0.1, -0.05) is 0 Å². The molecule has 2 aromatic carbocycles. The summed E-state index contributed by atoms with van der Waals surface area (Å²) in [5, 5.41) is 3.38. The molecule has 6 nitrogen and oxygen atoms in total. The van der Waals surface area contributed by atoms with Crippen molar-refractivity contribution in [2.75, 3.05) is 26.0 Å². The number of anilines is 1. The fraction of sp³-hybridized carbons (Fsp3) is 0.158. The number of likely N-dealkylation sites (N-methyl/N-ethyl adjacent to an activating group) is 1. The van der Waals surface area contributed by atoms with E-state index >= 15 is 0 Å². The van der Waals surface area contributed by atoms with Crippen LogP contribution in [0.1, 0.15) is 10.5 Å². The molecule has 0 aliphatic rings. The number of ether oxygens (including phenoxy) is 1. The molecule has 0 spiro atoms. The molecule has 3 aromatic rings. The highest BCUT2D eigenvalue weighted by Gasteiger charge is 2.11. The summed E-state index contributed by atoms with van der Waals surface area (Å²) in [6.07, 6.45) is 0. The third-order valence-corrected chi connectivity index (χ3v) is 3.80. The Labute approximate surface area is 149 Å². The lowest BCUT2D eigenvalue weighted by Crippen LogP contribution is -2.27. The van der Waals surface area contributed by atoms with E-state index in [9.17, 15) is 14.0 Å². The highest BCUT2D eigenvalue weighted by atomic mass is 19.1. The van der Waals surface area contributed by atoms with Crippen LogP contribution in [0.3, 0.4) is 0 Å². The first-order chi connectivity index (χ1) is 12.4. The number of nitrogens with zero attached hydrogens (tertiary/aromatic N) is 1. The number of hydrogen-bond acceptors (Lipinski definition) is 3. The van der Waals surface area contributed by atoms with Crippen molar-refractivity contribution in [1.82, 2.24) is 9.88 Å². The summed E-state index contributed by atoms with van der Waals surface area (Å²) < 4.78 is 18.6. The fourth-order valence-electron chi connectivity index (χ4n) is 2.33. The van der Waals surface area contributed by atoms with Crippen LogP contribution < -0.4 is 10.1 Å². The Morgan fingerprint density at radius 2 is 1.85 bits per heavy atom. The normalized spacial score (nSPS) is 10.6. The molecule has 0 saturated heterocycles. The molecular weight excluding hydrogens is 337 g/mol. The summed E-state index contributed by atoms with van der Waals surface area (Å²) in [6.45, 7) is -0.0513. The van der Waals surface area contributed by atoms with Gasteiger partial charge in [-0.25, -0.2) is 4.39 Å². The minimum Gasteiger partial charge on any atom is -0.484 e. The molecular formula is C19H18FN3O3. The van der Waals surface area contributed by atoms with Gasteiger partial charge in [-0.15, -0.1) is 0 Å². The predicted molar refractivity (Wildman–Crippen MR) is 96.8 cm³/mol. The summed E-state index contributed by atoms with van der Waals surface area (Å²) in [7, 11) is 3.31. The molecule has 134 valence electrons. The summed E-state index contributed by atoms with van der Waals surface area (Å²) in [5.74, 6) is -0.304. The van der Waals surface area contributed by atoms with Crippen LogP contribution in [0.4, 0.5) is 10.1 Å². The van der Waals surface area contributed by atoms with Crippen LogP contribution >= 0.6 is 0 Å². The van der Waals surface area contributed by atoms with E-state index < -0.39 is 0 Å². The van der Waals surface area contributed by atoms with Gasteiger partial charge in [0.1, 0.15) is 17.3 Å². The minimum atomic E-state index is -0.355. The lowest BCUT2D eigenvalue weighted by molar-refractivity contribution is -0.130. The van der Waals surface area contributed by atoms with Gasteiger partial charge >= 0.3 is 0 Å². The maximum absolute atomic E-state index is 13.2. The van der Waals surface area contributed by atoms with Crippen molar-refractivity contribution in [1.29, 1.82) is 0 Å². The van der Waals surface area contributed by atoms with Gasteiger partial charge in [-0.2, -0.15) is 0 Å². The molecule has 0 aliphatic heterocycles. The maximum Gasteiger partial charge on any atom is 0.272 e. The van der Waals surface area contributed by atoms with Gasteiger partial charge in [0.2, 0.25) is 0 Å². The van der Waals surface area contributed by atoms with Crippen molar-refractivity contribution in [2.45, 2.75) is 0 Å². The molecule has 1 aromatic heterocycles. The third kappa shape index (κ3) is 4.00. The van der Waals surface area contributed by atoms with Gasteiger partial charge in [0.15, 0.2) is 6.61 Å². The number of benzene rings is 2. The van der Waals surface area contributed by atoms with Crippen LogP contribution in [0.15, 0.2) is 48.5 Å². The molecule has 0 unspecified atom stereocenters. The van der Waals surface area contributed by atoms with Crippen molar-refractivity contribution < 1.29 is 18.7 Å². The fourth-order valence-corrected chi connectivity index (χ4v) is 2.33.